The summed E-state index contributed by atoms with van der Waals surface area (Å²) in [7, 11) is 1.62. The molecule has 0 atom stereocenters. The molecule has 0 amide bonds. The Morgan fingerprint density at radius 3 is 2.58 bits per heavy atom. The van der Waals surface area contributed by atoms with E-state index < -0.39 is 11.9 Å². The number of rotatable bonds is 0. The monoisotopic (exact) mass is 196 g/mol. The van der Waals surface area contributed by atoms with E-state index in [1.54, 1.807) is 7.05 Å². The van der Waals surface area contributed by atoms with E-state index in [1.165, 1.54) is 4.90 Å². The summed E-state index contributed by atoms with van der Waals surface area (Å²) in [5.41, 5.74) is -0.773. The molecule has 1 aliphatic heterocycles. The van der Waals surface area contributed by atoms with Gasteiger partial charge in [0.05, 0.1) is 0 Å². The van der Waals surface area contributed by atoms with Crippen LogP contribution in [0.2, 0.25) is 0 Å². The fourth-order valence-electron chi connectivity index (χ4n) is 0.759. The molecule has 0 spiro atoms. The normalized spacial score (nSPS) is 18.8. The Labute approximate surface area is 73.0 Å². The number of thiocarbonyl (C=S) groups is 1. The largest absolute Gasteiger partial charge is 0.431 e. The van der Waals surface area contributed by atoms with Crippen molar-refractivity contribution >= 4 is 17.3 Å². The standard InChI is InChI=1S/C6H7F3N2S/c1-11-3-2-4(6(7,8)9)10-5(11)12/h2H,3H2,1H3,(H,10,12). The van der Waals surface area contributed by atoms with Gasteiger partial charge in [0.15, 0.2) is 5.11 Å². The number of halogens is 3. The molecule has 0 saturated carbocycles. The van der Waals surface area contributed by atoms with Gasteiger partial charge in [-0.05, 0) is 18.3 Å². The van der Waals surface area contributed by atoms with Crippen LogP contribution in [-0.2, 0) is 0 Å². The van der Waals surface area contributed by atoms with Gasteiger partial charge < -0.3 is 10.2 Å². The summed E-state index contributed by atoms with van der Waals surface area (Å²) in [5.74, 6) is 0. The summed E-state index contributed by atoms with van der Waals surface area (Å²) in [5, 5.41) is 2.20. The van der Waals surface area contributed by atoms with Crippen LogP contribution in [0.3, 0.4) is 0 Å². The first kappa shape index (κ1) is 9.31. The highest BCUT2D eigenvalue weighted by Crippen LogP contribution is 2.24. The van der Waals surface area contributed by atoms with Crippen molar-refractivity contribution in [1.82, 2.24) is 10.2 Å². The van der Waals surface area contributed by atoms with E-state index in [0.29, 0.717) is 0 Å². The first-order chi connectivity index (χ1) is 5.41. The minimum Gasteiger partial charge on any atom is -0.348 e. The molecule has 68 valence electrons. The summed E-state index contributed by atoms with van der Waals surface area (Å²) >= 11 is 4.65. The van der Waals surface area contributed by atoms with Crippen LogP contribution in [0.5, 0.6) is 0 Å². The van der Waals surface area contributed by atoms with E-state index in [1.807, 2.05) is 0 Å². The zero-order valence-electron chi connectivity index (χ0n) is 6.27. The van der Waals surface area contributed by atoms with Crippen molar-refractivity contribution in [2.45, 2.75) is 6.18 Å². The van der Waals surface area contributed by atoms with E-state index in [9.17, 15) is 13.2 Å². The lowest BCUT2D eigenvalue weighted by atomic mass is 10.3. The Morgan fingerprint density at radius 1 is 1.58 bits per heavy atom. The Morgan fingerprint density at radius 2 is 2.17 bits per heavy atom. The number of alkyl halides is 3. The number of hydrogen-bond acceptors (Lipinski definition) is 1. The fourth-order valence-corrected chi connectivity index (χ4v) is 0.944. The summed E-state index contributed by atoms with van der Waals surface area (Å²) in [6.07, 6.45) is -3.26. The van der Waals surface area contributed by atoms with Gasteiger partial charge in [-0.3, -0.25) is 0 Å². The average molecular weight is 196 g/mol. The van der Waals surface area contributed by atoms with Crippen molar-refractivity contribution in [1.29, 1.82) is 0 Å². The third-order valence-corrected chi connectivity index (χ3v) is 1.88. The van der Waals surface area contributed by atoms with Crippen molar-refractivity contribution in [2.75, 3.05) is 13.6 Å². The fraction of sp³-hybridized carbons (Fsp3) is 0.500. The lowest BCUT2D eigenvalue weighted by Crippen LogP contribution is -2.44. The Bertz CT molecular complexity index is 233. The van der Waals surface area contributed by atoms with Crippen LogP contribution in [0.4, 0.5) is 13.2 Å². The molecule has 0 aromatic carbocycles. The second-order valence-corrected chi connectivity index (χ2v) is 2.81. The molecule has 1 rings (SSSR count). The van der Waals surface area contributed by atoms with Gasteiger partial charge in [0.25, 0.3) is 0 Å². The molecular formula is C6H7F3N2S. The van der Waals surface area contributed by atoms with E-state index in [4.69, 9.17) is 0 Å². The molecule has 0 aromatic heterocycles. The second-order valence-electron chi connectivity index (χ2n) is 2.43. The van der Waals surface area contributed by atoms with Crippen LogP contribution in [0.15, 0.2) is 11.8 Å². The van der Waals surface area contributed by atoms with E-state index in [-0.39, 0.29) is 11.7 Å². The molecule has 0 radical (unpaired) electrons. The van der Waals surface area contributed by atoms with Crippen LogP contribution in [0.1, 0.15) is 0 Å². The van der Waals surface area contributed by atoms with Gasteiger partial charge in [-0.15, -0.1) is 0 Å². The SMILES string of the molecule is CN1CC=C(C(F)(F)F)NC1=S. The molecule has 0 fully saturated rings. The minimum absolute atomic E-state index is 0.102. The number of hydrogen-bond donors (Lipinski definition) is 1. The first-order valence-corrected chi connectivity index (χ1v) is 3.61. The number of allylic oxidation sites excluding steroid dienone is 1. The van der Waals surface area contributed by atoms with Crippen molar-refractivity contribution in [3.63, 3.8) is 0 Å². The predicted octanol–water partition coefficient (Wildman–Crippen LogP) is 1.25. The molecular weight excluding hydrogens is 189 g/mol. The molecule has 0 bridgehead atoms. The zero-order chi connectivity index (χ0) is 9.35. The zero-order valence-corrected chi connectivity index (χ0v) is 7.09. The highest BCUT2D eigenvalue weighted by Gasteiger charge is 2.36. The van der Waals surface area contributed by atoms with Gasteiger partial charge in [0.1, 0.15) is 5.70 Å². The van der Waals surface area contributed by atoms with Crippen LogP contribution >= 0.6 is 12.2 Å². The third kappa shape index (κ3) is 1.88. The molecule has 2 nitrogen and oxygen atoms in total. The van der Waals surface area contributed by atoms with E-state index in [2.05, 4.69) is 17.5 Å². The van der Waals surface area contributed by atoms with Crippen LogP contribution < -0.4 is 5.32 Å². The van der Waals surface area contributed by atoms with E-state index in [0.717, 1.165) is 6.08 Å². The van der Waals surface area contributed by atoms with Crippen molar-refractivity contribution in [3.8, 4) is 0 Å². The molecule has 1 aliphatic rings. The molecule has 0 unspecified atom stereocenters. The first-order valence-electron chi connectivity index (χ1n) is 3.21. The number of likely N-dealkylation sites (N-methyl/N-ethyl adjacent to an activating group) is 1. The van der Waals surface area contributed by atoms with Gasteiger partial charge in [-0.2, -0.15) is 13.2 Å². The smallest absolute Gasteiger partial charge is 0.348 e. The number of nitrogens with zero attached hydrogens (tertiary/aromatic N) is 1. The highest BCUT2D eigenvalue weighted by atomic mass is 32.1. The summed E-state index contributed by atoms with van der Waals surface area (Å²) in [6.45, 7) is 0.195. The van der Waals surface area contributed by atoms with Crippen LogP contribution in [0, 0.1) is 0 Å². The molecule has 1 N–H and O–H groups in total. The maximum absolute atomic E-state index is 12.0. The van der Waals surface area contributed by atoms with Gasteiger partial charge in [0.2, 0.25) is 0 Å². The van der Waals surface area contributed by atoms with E-state index >= 15 is 0 Å². The van der Waals surface area contributed by atoms with Gasteiger partial charge in [-0.25, -0.2) is 0 Å². The Balaban J connectivity index is 2.78. The molecule has 0 aliphatic carbocycles. The predicted molar refractivity (Wildman–Crippen MR) is 42.5 cm³/mol. The van der Waals surface area contributed by atoms with Crippen LogP contribution in [-0.4, -0.2) is 29.8 Å². The summed E-state index contributed by atoms with van der Waals surface area (Å²) < 4.78 is 36.1. The van der Waals surface area contributed by atoms with Crippen LogP contribution in [0.25, 0.3) is 0 Å². The van der Waals surface area contributed by atoms with Crippen molar-refractivity contribution in [3.05, 3.63) is 11.8 Å². The van der Waals surface area contributed by atoms with Crippen molar-refractivity contribution in [2.24, 2.45) is 0 Å². The lowest BCUT2D eigenvalue weighted by molar-refractivity contribution is -0.0958. The Hall–Kier alpha value is -0.780. The lowest BCUT2D eigenvalue weighted by Gasteiger charge is -2.26. The second kappa shape index (κ2) is 2.93. The average Bonchev–Trinajstić information content (AvgIpc) is 1.92. The topological polar surface area (TPSA) is 15.3 Å². The molecule has 1 heterocycles. The minimum atomic E-state index is -4.33. The Kier molecular flexibility index (Phi) is 2.27. The summed E-state index contributed by atoms with van der Waals surface area (Å²) in [6, 6.07) is 0. The van der Waals surface area contributed by atoms with Gasteiger partial charge in [-0.1, -0.05) is 0 Å². The maximum Gasteiger partial charge on any atom is 0.431 e. The summed E-state index contributed by atoms with van der Waals surface area (Å²) in [4.78, 5) is 1.52. The molecule has 12 heavy (non-hydrogen) atoms. The quantitative estimate of drug-likeness (QED) is 0.587. The molecule has 6 heteroatoms. The van der Waals surface area contributed by atoms with Gasteiger partial charge in [0, 0.05) is 13.6 Å². The third-order valence-electron chi connectivity index (χ3n) is 1.46. The maximum atomic E-state index is 12.0. The van der Waals surface area contributed by atoms with Crippen molar-refractivity contribution < 1.29 is 13.2 Å². The van der Waals surface area contributed by atoms with Gasteiger partial charge >= 0.3 is 6.18 Å². The highest BCUT2D eigenvalue weighted by molar-refractivity contribution is 7.80. The number of nitrogens with one attached hydrogen (secondary N) is 1. The molecule has 0 saturated heterocycles. The molecule has 0 aromatic rings.